The number of phenolic OH excluding ortho intramolecular Hbond substituents is 4. The maximum absolute atomic E-state index is 13.2. The summed E-state index contributed by atoms with van der Waals surface area (Å²) >= 11 is 0. The molecule has 0 radical (unpaired) electrons. The molecule has 9 N–H and O–H groups in total. The molecule has 4 heterocycles. The van der Waals surface area contributed by atoms with E-state index in [1.165, 1.54) is 74.9 Å². The molecule has 8 atom stereocenters. The Kier molecular flexibility index (Phi) is 24.4. The lowest BCUT2D eigenvalue weighted by atomic mass is 9.81. The third-order valence-corrected chi connectivity index (χ3v) is 16.5. The highest BCUT2D eigenvalue weighted by Gasteiger charge is 2.30. The Morgan fingerprint density at radius 3 is 1.01 bits per heavy atom. The molecule has 0 amide bonds. The van der Waals surface area contributed by atoms with Crippen LogP contribution in [-0.2, 0) is 0 Å². The summed E-state index contributed by atoms with van der Waals surface area (Å²) in [7, 11) is 3.02. The number of hydrogen-bond acceptors (Lipinski definition) is 14. The van der Waals surface area contributed by atoms with Crippen molar-refractivity contribution in [1.82, 2.24) is 21.3 Å². The standard InChI is InChI=1S/2C19H22FNO3.C18H20FNO3.C12H16FNO/c1-23-19-7-6-16(10-18(19)22)24-12-14-11-21-9-8-17(14)13-2-4-15(20)5-3-13;1-23-19-10-16(6-7-18(19)22)24-12-14-11-21-9-8-17(14)13-2-4-15(20)5-3-13;19-14-3-1-12(2-4-14)16-7-8-20-10-13(16)11-23-15-5-6-17(21)18(22)9-15;13-11-3-1-9(2-4-11)12-5-6-14-7-10(12)8-15/h2*2-7,10,14,17,21-22H,8-9,11-12H2,1H3;1-6,9,13,16,20-22H,7-8,10-11H2;1-4,10,12,14-15H,5-8H2/t2*14-,17-;13-,16-;10-,12-/m0000/s1. The molecule has 7 aromatic rings. The van der Waals surface area contributed by atoms with Gasteiger partial charge in [0.25, 0.3) is 0 Å². The van der Waals surface area contributed by atoms with Crippen LogP contribution in [0.25, 0.3) is 0 Å². The second-order valence-corrected chi connectivity index (χ2v) is 22.1. The van der Waals surface area contributed by atoms with E-state index in [-0.39, 0.29) is 70.6 Å². The molecule has 7 aromatic carbocycles. The quantitative estimate of drug-likeness (QED) is 0.0328. The van der Waals surface area contributed by atoms with Gasteiger partial charge in [-0.15, -0.1) is 0 Å². The maximum Gasteiger partial charge on any atom is 0.164 e. The van der Waals surface area contributed by atoms with Crippen molar-refractivity contribution in [3.05, 3.63) is 197 Å². The average molecular weight is 1190 g/mol. The zero-order valence-electron chi connectivity index (χ0n) is 48.7. The number of aliphatic hydroxyl groups excluding tert-OH is 1. The molecule has 0 aromatic heterocycles. The molecule has 0 spiro atoms. The SMILES string of the molecule is COc1cc(OC[C@@H]2CNCC[C@H]2c2ccc(F)cc2)ccc1O.COc1ccc(OC[C@@H]2CNCC[C@H]2c2ccc(F)cc2)cc1O.OC[C@@H]1CNCC[C@H]1c1ccc(F)cc1.Oc1ccc(OC[C@@H]2CNCC[C@H]2c2ccc(F)cc2)cc1O. The van der Waals surface area contributed by atoms with Gasteiger partial charge in [-0.3, -0.25) is 0 Å². The summed E-state index contributed by atoms with van der Waals surface area (Å²) in [5.74, 6) is 3.97. The molecule has 0 unspecified atom stereocenters. The summed E-state index contributed by atoms with van der Waals surface area (Å²) in [6.45, 7) is 8.93. The number of methoxy groups -OCH3 is 2. The number of phenols is 4. The van der Waals surface area contributed by atoms with Gasteiger partial charge in [0.15, 0.2) is 34.5 Å². The van der Waals surface area contributed by atoms with Crippen molar-refractivity contribution in [3.63, 3.8) is 0 Å². The van der Waals surface area contributed by atoms with Crippen LogP contribution in [0.15, 0.2) is 152 Å². The zero-order chi connectivity index (χ0) is 60.8. The Hall–Kier alpha value is -7.74. The lowest BCUT2D eigenvalue weighted by Gasteiger charge is -2.32. The highest BCUT2D eigenvalue weighted by atomic mass is 19.1. The first kappa shape index (κ1) is 64.3. The van der Waals surface area contributed by atoms with Gasteiger partial charge in [0, 0.05) is 74.7 Å². The average Bonchev–Trinajstić information content (AvgIpc) is 3.57. The van der Waals surface area contributed by atoms with Crippen molar-refractivity contribution >= 4 is 0 Å². The third-order valence-electron chi connectivity index (χ3n) is 16.5. The van der Waals surface area contributed by atoms with E-state index in [2.05, 4.69) is 21.3 Å². The first-order chi connectivity index (χ1) is 41.8. The Balaban J connectivity index is 0.000000151. The van der Waals surface area contributed by atoms with Gasteiger partial charge >= 0.3 is 0 Å². The molecule has 4 fully saturated rings. The normalized spacial score (nSPS) is 21.8. The molecule has 4 aliphatic heterocycles. The minimum Gasteiger partial charge on any atom is -0.504 e. The molecular weight excluding hydrogens is 1110 g/mol. The first-order valence-electron chi connectivity index (χ1n) is 29.4. The monoisotopic (exact) mass is 1190 g/mol. The van der Waals surface area contributed by atoms with Crippen LogP contribution < -0.4 is 45.0 Å². The van der Waals surface area contributed by atoms with Crippen molar-refractivity contribution in [2.45, 2.75) is 49.4 Å². The fourth-order valence-electron chi connectivity index (χ4n) is 11.7. The Bertz CT molecular complexity index is 3150. The molecule has 460 valence electrons. The van der Waals surface area contributed by atoms with Gasteiger partial charge in [-0.1, -0.05) is 48.5 Å². The number of rotatable bonds is 16. The third kappa shape index (κ3) is 18.6. The molecule has 0 saturated carbocycles. The van der Waals surface area contributed by atoms with Crippen LogP contribution in [0.5, 0.6) is 51.7 Å². The molecule has 0 bridgehead atoms. The highest BCUT2D eigenvalue weighted by molar-refractivity contribution is 5.46. The summed E-state index contributed by atoms with van der Waals surface area (Å²) in [5, 5.41) is 61.0. The van der Waals surface area contributed by atoms with Crippen LogP contribution in [0.2, 0.25) is 0 Å². The topological polar surface area (TPSA) is 195 Å². The highest BCUT2D eigenvalue weighted by Crippen LogP contribution is 2.37. The summed E-state index contributed by atoms with van der Waals surface area (Å²) in [6.07, 6.45) is 3.98. The minimum absolute atomic E-state index is 0.0619. The van der Waals surface area contributed by atoms with Gasteiger partial charge in [-0.25, -0.2) is 17.6 Å². The van der Waals surface area contributed by atoms with Crippen LogP contribution in [0.3, 0.4) is 0 Å². The van der Waals surface area contributed by atoms with Gasteiger partial charge in [-0.05, 0) is 183 Å². The van der Waals surface area contributed by atoms with E-state index in [0.717, 1.165) is 100 Å². The number of ether oxygens (including phenoxy) is 5. The van der Waals surface area contributed by atoms with Crippen molar-refractivity contribution in [3.8, 4) is 51.7 Å². The van der Waals surface area contributed by atoms with E-state index in [9.17, 15) is 43.1 Å². The summed E-state index contributed by atoms with van der Waals surface area (Å²) in [4.78, 5) is 0. The van der Waals surface area contributed by atoms with Gasteiger partial charge in [0.05, 0.1) is 34.0 Å². The van der Waals surface area contributed by atoms with Crippen LogP contribution in [0, 0.1) is 46.9 Å². The van der Waals surface area contributed by atoms with Crippen LogP contribution >= 0.6 is 0 Å². The molecular formula is C68H80F4N4O10. The van der Waals surface area contributed by atoms with Crippen molar-refractivity contribution < 1.29 is 66.8 Å². The Morgan fingerprint density at radius 1 is 0.360 bits per heavy atom. The fourth-order valence-corrected chi connectivity index (χ4v) is 11.7. The van der Waals surface area contributed by atoms with E-state index in [0.29, 0.717) is 78.2 Å². The minimum atomic E-state index is -0.227. The predicted molar refractivity (Wildman–Crippen MR) is 323 cm³/mol. The Morgan fingerprint density at radius 2 is 0.674 bits per heavy atom. The maximum atomic E-state index is 13.2. The molecule has 4 saturated heterocycles. The van der Waals surface area contributed by atoms with E-state index in [1.807, 2.05) is 48.5 Å². The number of aromatic hydroxyl groups is 4. The number of piperidine rings is 4. The van der Waals surface area contributed by atoms with Crippen molar-refractivity contribution in [1.29, 1.82) is 0 Å². The van der Waals surface area contributed by atoms with Gasteiger partial charge in [-0.2, -0.15) is 0 Å². The second-order valence-electron chi connectivity index (χ2n) is 22.1. The second kappa shape index (κ2) is 32.7. The number of nitrogens with one attached hydrogen (secondary N) is 4. The fraction of sp³-hybridized carbons (Fsp3) is 0.382. The summed E-state index contributed by atoms with van der Waals surface area (Å²) in [5.41, 5.74) is 4.55. The molecule has 18 heteroatoms. The number of benzene rings is 7. The van der Waals surface area contributed by atoms with Gasteiger partial charge < -0.3 is 70.5 Å². The van der Waals surface area contributed by atoms with E-state index < -0.39 is 0 Å². The van der Waals surface area contributed by atoms with Crippen LogP contribution in [-0.4, -0.2) is 119 Å². The summed E-state index contributed by atoms with van der Waals surface area (Å²) in [6, 6.07) is 41.2. The molecule has 14 nitrogen and oxygen atoms in total. The lowest BCUT2D eigenvalue weighted by Crippen LogP contribution is -2.38. The number of aliphatic hydroxyl groups is 1. The lowest BCUT2D eigenvalue weighted by molar-refractivity contribution is 0.179. The molecule has 0 aliphatic carbocycles. The van der Waals surface area contributed by atoms with E-state index in [4.69, 9.17) is 23.7 Å². The van der Waals surface area contributed by atoms with Crippen molar-refractivity contribution in [2.24, 2.45) is 23.7 Å². The predicted octanol–water partition coefficient (Wildman–Crippen LogP) is 11.1. The number of halogens is 4. The summed E-state index contributed by atoms with van der Waals surface area (Å²) < 4.78 is 79.9. The number of hydrogen-bond donors (Lipinski definition) is 9. The molecule has 86 heavy (non-hydrogen) atoms. The smallest absolute Gasteiger partial charge is 0.164 e. The Labute approximate surface area is 501 Å². The van der Waals surface area contributed by atoms with E-state index in [1.54, 1.807) is 42.5 Å². The van der Waals surface area contributed by atoms with Crippen molar-refractivity contribution in [2.75, 3.05) is 93.0 Å². The van der Waals surface area contributed by atoms with Crippen LogP contribution in [0.1, 0.15) is 71.6 Å². The van der Waals surface area contributed by atoms with Crippen LogP contribution in [0.4, 0.5) is 17.6 Å². The van der Waals surface area contributed by atoms with E-state index >= 15 is 0 Å². The molecule has 4 aliphatic rings. The van der Waals surface area contributed by atoms with Gasteiger partial charge in [0.2, 0.25) is 0 Å². The largest absolute Gasteiger partial charge is 0.504 e. The zero-order valence-corrected chi connectivity index (χ0v) is 48.7. The van der Waals surface area contributed by atoms with Gasteiger partial charge in [0.1, 0.15) is 40.5 Å². The molecule has 11 rings (SSSR count). The first-order valence-corrected chi connectivity index (χ1v) is 29.4.